The fraction of sp³-hybridized carbons (Fsp3) is 0.579. The van der Waals surface area contributed by atoms with E-state index in [0.29, 0.717) is 0 Å². The average Bonchev–Trinajstić information content (AvgIpc) is 2.56. The molecule has 0 aromatic heterocycles. The summed E-state index contributed by atoms with van der Waals surface area (Å²) in [6.45, 7) is 11.4. The van der Waals surface area contributed by atoms with Gasteiger partial charge >= 0.3 is 0 Å². The van der Waals surface area contributed by atoms with Gasteiger partial charge in [0.2, 0.25) is 0 Å². The predicted molar refractivity (Wildman–Crippen MR) is 96.1 cm³/mol. The van der Waals surface area contributed by atoms with Gasteiger partial charge in [-0.1, -0.05) is 71.0 Å². The molecule has 0 spiro atoms. The molecule has 1 atom stereocenters. The van der Waals surface area contributed by atoms with Crippen molar-refractivity contribution in [2.45, 2.75) is 71.7 Å². The lowest BCUT2D eigenvalue weighted by Gasteiger charge is -2.34. The van der Waals surface area contributed by atoms with Crippen molar-refractivity contribution >= 4 is 8.32 Å². The zero-order valence-electron chi connectivity index (χ0n) is 14.5. The average molecular weight is 305 g/mol. The van der Waals surface area contributed by atoms with Gasteiger partial charge in [-0.05, 0) is 42.1 Å². The Morgan fingerprint density at radius 1 is 1.00 bits per heavy atom. The van der Waals surface area contributed by atoms with Crippen LogP contribution in [0.1, 0.15) is 59.1 Å². The third-order valence-corrected chi connectivity index (χ3v) is 9.22. The monoisotopic (exact) mass is 304 g/mol. The Morgan fingerprint density at radius 2 is 1.57 bits per heavy atom. The normalized spacial score (nSPS) is 14.2. The van der Waals surface area contributed by atoms with Crippen LogP contribution in [0.2, 0.25) is 18.1 Å². The number of hydrogen-bond acceptors (Lipinski definition) is 1. The van der Waals surface area contributed by atoms with Gasteiger partial charge in [0.05, 0.1) is 6.10 Å². The molecule has 0 saturated carbocycles. The van der Waals surface area contributed by atoms with Gasteiger partial charge in [0.15, 0.2) is 8.32 Å². The Labute approximate surface area is 132 Å². The summed E-state index contributed by atoms with van der Waals surface area (Å²) in [7, 11) is -1.61. The van der Waals surface area contributed by atoms with E-state index in [1.54, 1.807) is 0 Å². The predicted octanol–water partition coefficient (Wildman–Crippen LogP) is 6.50. The molecule has 0 heterocycles. The van der Waals surface area contributed by atoms with Gasteiger partial charge in [0, 0.05) is 0 Å². The molecule has 1 aromatic carbocycles. The van der Waals surface area contributed by atoms with Crippen LogP contribution in [0.4, 0.5) is 0 Å². The number of benzene rings is 1. The summed E-state index contributed by atoms with van der Waals surface area (Å²) in [5.74, 6) is 0. The standard InChI is InChI=1S/C19H32OSi/c1-6-14-17(7-2)19(18-15-12-11-13-16-18)20-21(8-3,9-4)10-5/h11-16,19H,6-10H2,1-5H3/b17-14+/t19-/m1/s1. The minimum Gasteiger partial charge on any atom is -0.406 e. The van der Waals surface area contributed by atoms with Gasteiger partial charge in [-0.15, -0.1) is 0 Å². The lowest BCUT2D eigenvalue weighted by Crippen LogP contribution is -2.37. The van der Waals surface area contributed by atoms with E-state index in [1.807, 2.05) is 0 Å². The first-order valence-corrected chi connectivity index (χ1v) is 11.1. The molecule has 0 aliphatic heterocycles. The first-order valence-electron chi connectivity index (χ1n) is 8.57. The van der Waals surface area contributed by atoms with Crippen molar-refractivity contribution in [2.75, 3.05) is 0 Å². The molecule has 1 aromatic rings. The quantitative estimate of drug-likeness (QED) is 0.374. The molecule has 2 heteroatoms. The van der Waals surface area contributed by atoms with Crippen LogP contribution in [-0.4, -0.2) is 8.32 Å². The SMILES string of the molecule is CC/C=C(\CC)[C@@H](O[Si](CC)(CC)CC)c1ccccc1. The fourth-order valence-electron chi connectivity index (χ4n) is 2.93. The lowest BCUT2D eigenvalue weighted by molar-refractivity contribution is 0.221. The van der Waals surface area contributed by atoms with E-state index in [0.717, 1.165) is 12.8 Å². The molecule has 0 aliphatic carbocycles. The molecule has 1 rings (SSSR count). The van der Waals surface area contributed by atoms with Gasteiger partial charge < -0.3 is 4.43 Å². The molecular formula is C19H32OSi. The van der Waals surface area contributed by atoms with Crippen molar-refractivity contribution < 1.29 is 4.43 Å². The molecule has 0 amide bonds. The maximum atomic E-state index is 6.85. The lowest BCUT2D eigenvalue weighted by atomic mass is 9.99. The van der Waals surface area contributed by atoms with Crippen molar-refractivity contribution in [1.82, 2.24) is 0 Å². The van der Waals surface area contributed by atoms with Crippen LogP contribution in [0.25, 0.3) is 0 Å². The highest BCUT2D eigenvalue weighted by molar-refractivity contribution is 6.73. The van der Waals surface area contributed by atoms with E-state index in [2.05, 4.69) is 71.0 Å². The molecule has 0 fully saturated rings. The summed E-state index contributed by atoms with van der Waals surface area (Å²) < 4.78 is 6.85. The molecular weight excluding hydrogens is 272 g/mol. The summed E-state index contributed by atoms with van der Waals surface area (Å²) in [4.78, 5) is 0. The third-order valence-electron chi connectivity index (χ3n) is 4.61. The first-order chi connectivity index (χ1) is 10.2. The van der Waals surface area contributed by atoms with Crippen LogP contribution in [0.5, 0.6) is 0 Å². The minimum absolute atomic E-state index is 0.155. The van der Waals surface area contributed by atoms with Crippen LogP contribution in [0.15, 0.2) is 42.0 Å². The van der Waals surface area contributed by atoms with Gasteiger partial charge in [0.25, 0.3) is 0 Å². The van der Waals surface area contributed by atoms with Crippen molar-refractivity contribution in [1.29, 1.82) is 0 Å². The Hall–Kier alpha value is -0.863. The van der Waals surface area contributed by atoms with Gasteiger partial charge in [-0.25, -0.2) is 0 Å². The minimum atomic E-state index is -1.61. The first kappa shape index (κ1) is 18.2. The molecule has 0 radical (unpaired) electrons. The Kier molecular flexibility index (Phi) is 7.98. The van der Waals surface area contributed by atoms with Crippen molar-refractivity contribution in [3.05, 3.63) is 47.5 Å². The Morgan fingerprint density at radius 3 is 2.00 bits per heavy atom. The highest BCUT2D eigenvalue weighted by Crippen LogP contribution is 2.35. The van der Waals surface area contributed by atoms with E-state index in [1.165, 1.54) is 29.3 Å². The van der Waals surface area contributed by atoms with Crippen molar-refractivity contribution in [3.8, 4) is 0 Å². The van der Waals surface area contributed by atoms with Gasteiger partial charge in [-0.3, -0.25) is 0 Å². The van der Waals surface area contributed by atoms with E-state index >= 15 is 0 Å². The number of hydrogen-bond donors (Lipinski definition) is 0. The highest BCUT2D eigenvalue weighted by Gasteiger charge is 2.33. The van der Waals surface area contributed by atoms with E-state index in [-0.39, 0.29) is 6.10 Å². The van der Waals surface area contributed by atoms with Crippen LogP contribution >= 0.6 is 0 Å². The molecule has 0 saturated heterocycles. The van der Waals surface area contributed by atoms with Crippen LogP contribution in [0.3, 0.4) is 0 Å². The molecule has 0 N–H and O–H groups in total. The second kappa shape index (κ2) is 9.21. The second-order valence-electron chi connectivity index (χ2n) is 5.69. The summed E-state index contributed by atoms with van der Waals surface area (Å²) in [5.41, 5.74) is 2.75. The molecule has 1 nitrogen and oxygen atoms in total. The van der Waals surface area contributed by atoms with Crippen LogP contribution in [-0.2, 0) is 4.43 Å². The smallest absolute Gasteiger partial charge is 0.193 e. The largest absolute Gasteiger partial charge is 0.406 e. The van der Waals surface area contributed by atoms with Crippen LogP contribution < -0.4 is 0 Å². The van der Waals surface area contributed by atoms with Crippen molar-refractivity contribution in [3.63, 3.8) is 0 Å². The summed E-state index contributed by atoms with van der Waals surface area (Å²) in [5, 5.41) is 0. The Bertz CT molecular complexity index is 412. The number of allylic oxidation sites excluding steroid dienone is 1. The fourth-order valence-corrected chi connectivity index (χ4v) is 5.72. The van der Waals surface area contributed by atoms with Gasteiger partial charge in [0.1, 0.15) is 0 Å². The van der Waals surface area contributed by atoms with Crippen molar-refractivity contribution in [2.24, 2.45) is 0 Å². The van der Waals surface area contributed by atoms with E-state index < -0.39 is 8.32 Å². The molecule has 0 unspecified atom stereocenters. The van der Waals surface area contributed by atoms with E-state index in [4.69, 9.17) is 4.43 Å². The van der Waals surface area contributed by atoms with Crippen LogP contribution in [0, 0.1) is 0 Å². The molecule has 0 aliphatic rings. The zero-order chi connectivity index (χ0) is 15.7. The maximum Gasteiger partial charge on any atom is 0.193 e. The molecule has 118 valence electrons. The van der Waals surface area contributed by atoms with E-state index in [9.17, 15) is 0 Å². The molecule has 21 heavy (non-hydrogen) atoms. The topological polar surface area (TPSA) is 9.23 Å². The summed E-state index contributed by atoms with van der Waals surface area (Å²) in [6.07, 6.45) is 4.66. The van der Waals surface area contributed by atoms with Gasteiger partial charge in [-0.2, -0.15) is 0 Å². The second-order valence-corrected chi connectivity index (χ2v) is 10.4. The third kappa shape index (κ3) is 4.82. The number of rotatable bonds is 9. The highest BCUT2D eigenvalue weighted by atomic mass is 28.4. The summed E-state index contributed by atoms with van der Waals surface area (Å²) >= 11 is 0. The Balaban J connectivity index is 3.16. The maximum absolute atomic E-state index is 6.85. The zero-order valence-corrected chi connectivity index (χ0v) is 15.5. The summed E-state index contributed by atoms with van der Waals surface area (Å²) in [6, 6.07) is 14.4. The molecule has 0 bridgehead atoms.